The molecule has 0 aliphatic carbocycles. The molecule has 0 aromatic rings. The maximum absolute atomic E-state index is 6.21. The number of hydrogen-bond acceptors (Lipinski definition) is 4. The van der Waals surface area contributed by atoms with Crippen LogP contribution >= 0.6 is 0 Å². The van der Waals surface area contributed by atoms with Gasteiger partial charge in [0.15, 0.2) is 5.79 Å². The fraction of sp³-hybridized carbons (Fsp3) is 1.00. The van der Waals surface area contributed by atoms with Crippen LogP contribution in [0.1, 0.15) is 40.0 Å². The molecule has 3 aliphatic heterocycles. The van der Waals surface area contributed by atoms with Gasteiger partial charge < -0.3 is 18.9 Å². The Morgan fingerprint density at radius 3 is 2.67 bits per heavy atom. The molecule has 5 atom stereocenters. The van der Waals surface area contributed by atoms with Gasteiger partial charge in [0.2, 0.25) is 0 Å². The highest BCUT2D eigenvalue weighted by atomic mass is 16.7. The molecule has 0 aromatic heterocycles. The van der Waals surface area contributed by atoms with Crippen molar-refractivity contribution in [3.05, 3.63) is 0 Å². The molecule has 3 fully saturated rings. The molecule has 0 spiro atoms. The summed E-state index contributed by atoms with van der Waals surface area (Å²) in [6.45, 7) is 7.74. The van der Waals surface area contributed by atoms with E-state index in [1.807, 2.05) is 13.8 Å². The normalized spacial score (nSPS) is 47.8. The summed E-state index contributed by atoms with van der Waals surface area (Å²) in [5, 5.41) is 0. The highest BCUT2D eigenvalue weighted by Crippen LogP contribution is 2.36. The summed E-state index contributed by atoms with van der Waals surface area (Å²) in [6.07, 6.45) is 3.70. The predicted molar refractivity (Wildman–Crippen MR) is 66.3 cm³/mol. The summed E-state index contributed by atoms with van der Waals surface area (Å²) >= 11 is 0. The first-order valence-corrected chi connectivity index (χ1v) is 7.12. The molecule has 0 saturated carbocycles. The van der Waals surface area contributed by atoms with Crippen LogP contribution in [0.4, 0.5) is 0 Å². The van der Waals surface area contributed by atoms with Crippen molar-refractivity contribution in [3.8, 4) is 0 Å². The molecular weight excluding hydrogens is 232 g/mol. The fourth-order valence-electron chi connectivity index (χ4n) is 3.26. The Morgan fingerprint density at radius 1 is 1.00 bits per heavy atom. The van der Waals surface area contributed by atoms with Gasteiger partial charge >= 0.3 is 0 Å². The van der Waals surface area contributed by atoms with Crippen molar-refractivity contribution in [3.63, 3.8) is 0 Å². The molecule has 4 heteroatoms. The van der Waals surface area contributed by atoms with Gasteiger partial charge in [0, 0.05) is 13.0 Å². The summed E-state index contributed by atoms with van der Waals surface area (Å²) in [5.41, 5.74) is 0. The number of ether oxygens (including phenoxy) is 4. The van der Waals surface area contributed by atoms with E-state index in [4.69, 9.17) is 18.9 Å². The van der Waals surface area contributed by atoms with Crippen molar-refractivity contribution in [1.82, 2.24) is 0 Å². The SMILES string of the molecule is CC1COC2CC3OC(C)(C)OCCC3OC2C1. The molecule has 0 N–H and O–H groups in total. The van der Waals surface area contributed by atoms with Gasteiger partial charge in [0.25, 0.3) is 0 Å². The van der Waals surface area contributed by atoms with Gasteiger partial charge in [-0.1, -0.05) is 6.92 Å². The topological polar surface area (TPSA) is 36.9 Å². The van der Waals surface area contributed by atoms with Crippen LogP contribution in [0.2, 0.25) is 0 Å². The first-order valence-electron chi connectivity index (χ1n) is 7.12. The Bertz CT molecular complexity index is 304. The van der Waals surface area contributed by atoms with Crippen LogP contribution in [0.25, 0.3) is 0 Å². The minimum atomic E-state index is -0.502. The van der Waals surface area contributed by atoms with Crippen LogP contribution in [0.5, 0.6) is 0 Å². The van der Waals surface area contributed by atoms with E-state index in [1.54, 1.807) is 0 Å². The van der Waals surface area contributed by atoms with Crippen molar-refractivity contribution in [2.24, 2.45) is 5.92 Å². The second-order valence-corrected chi connectivity index (χ2v) is 6.35. The van der Waals surface area contributed by atoms with Gasteiger partial charge in [-0.25, -0.2) is 0 Å². The second-order valence-electron chi connectivity index (χ2n) is 6.35. The maximum Gasteiger partial charge on any atom is 0.163 e. The second kappa shape index (κ2) is 4.75. The highest BCUT2D eigenvalue weighted by Gasteiger charge is 2.45. The van der Waals surface area contributed by atoms with Crippen molar-refractivity contribution in [1.29, 1.82) is 0 Å². The summed E-state index contributed by atoms with van der Waals surface area (Å²) in [5.74, 6) is 0.0968. The molecule has 0 bridgehead atoms. The first kappa shape index (κ1) is 12.9. The van der Waals surface area contributed by atoms with Crippen LogP contribution in [-0.2, 0) is 18.9 Å². The van der Waals surface area contributed by atoms with Gasteiger partial charge in [-0.3, -0.25) is 0 Å². The molecule has 18 heavy (non-hydrogen) atoms. The number of hydrogen-bond donors (Lipinski definition) is 0. The van der Waals surface area contributed by atoms with E-state index < -0.39 is 5.79 Å². The third-order valence-corrected chi connectivity index (χ3v) is 4.16. The van der Waals surface area contributed by atoms with Gasteiger partial charge in [0.1, 0.15) is 0 Å². The van der Waals surface area contributed by atoms with Crippen LogP contribution in [-0.4, -0.2) is 43.4 Å². The predicted octanol–water partition coefficient (Wildman–Crippen LogP) is 2.11. The Kier molecular flexibility index (Phi) is 3.39. The molecule has 3 rings (SSSR count). The molecule has 3 saturated heterocycles. The third kappa shape index (κ3) is 2.57. The lowest BCUT2D eigenvalue weighted by Crippen LogP contribution is -2.53. The molecule has 0 aromatic carbocycles. The highest BCUT2D eigenvalue weighted by molar-refractivity contribution is 4.91. The zero-order chi connectivity index (χ0) is 12.8. The van der Waals surface area contributed by atoms with E-state index in [2.05, 4.69) is 6.92 Å². The number of rotatable bonds is 0. The minimum absolute atomic E-state index is 0.108. The lowest BCUT2D eigenvalue weighted by atomic mass is 9.89. The average Bonchev–Trinajstić information content (AvgIpc) is 2.43. The van der Waals surface area contributed by atoms with Crippen molar-refractivity contribution < 1.29 is 18.9 Å². The zero-order valence-corrected chi connectivity index (χ0v) is 11.6. The van der Waals surface area contributed by atoms with Crippen molar-refractivity contribution >= 4 is 0 Å². The van der Waals surface area contributed by atoms with E-state index in [0.29, 0.717) is 12.5 Å². The molecule has 0 radical (unpaired) electrons. The monoisotopic (exact) mass is 256 g/mol. The third-order valence-electron chi connectivity index (χ3n) is 4.16. The molecule has 5 unspecified atom stereocenters. The smallest absolute Gasteiger partial charge is 0.163 e. The van der Waals surface area contributed by atoms with E-state index in [1.165, 1.54) is 0 Å². The standard InChI is InChI=1S/C14H24O4/c1-9-6-12-11(15-8-9)7-13-10(17-12)4-5-16-14(2,3)18-13/h9-13H,4-8H2,1-3H3. The summed E-state index contributed by atoms with van der Waals surface area (Å²) in [4.78, 5) is 0. The van der Waals surface area contributed by atoms with E-state index >= 15 is 0 Å². The van der Waals surface area contributed by atoms with Gasteiger partial charge in [-0.2, -0.15) is 0 Å². The molecular formula is C14H24O4. The Morgan fingerprint density at radius 2 is 1.83 bits per heavy atom. The molecule has 3 heterocycles. The largest absolute Gasteiger partial charge is 0.375 e. The van der Waals surface area contributed by atoms with Gasteiger partial charge in [-0.15, -0.1) is 0 Å². The lowest BCUT2D eigenvalue weighted by Gasteiger charge is -2.45. The van der Waals surface area contributed by atoms with Crippen LogP contribution in [0.3, 0.4) is 0 Å². The molecule has 3 aliphatic rings. The molecule has 0 amide bonds. The quantitative estimate of drug-likeness (QED) is 0.665. The Hall–Kier alpha value is -0.160. The van der Waals surface area contributed by atoms with E-state index in [9.17, 15) is 0 Å². The first-order chi connectivity index (χ1) is 8.53. The van der Waals surface area contributed by atoms with Crippen LogP contribution in [0.15, 0.2) is 0 Å². The molecule has 4 nitrogen and oxygen atoms in total. The Labute approximate surface area is 109 Å². The maximum atomic E-state index is 6.21. The zero-order valence-electron chi connectivity index (χ0n) is 11.6. The number of fused-ring (bicyclic) bond motifs is 2. The van der Waals surface area contributed by atoms with E-state index in [-0.39, 0.29) is 24.4 Å². The minimum Gasteiger partial charge on any atom is -0.375 e. The lowest BCUT2D eigenvalue weighted by molar-refractivity contribution is -0.269. The average molecular weight is 256 g/mol. The summed E-state index contributed by atoms with van der Waals surface area (Å²) < 4.78 is 23.9. The summed E-state index contributed by atoms with van der Waals surface area (Å²) in [7, 11) is 0. The van der Waals surface area contributed by atoms with Crippen LogP contribution in [0, 0.1) is 5.92 Å². The molecule has 104 valence electrons. The summed E-state index contributed by atoms with van der Waals surface area (Å²) in [6, 6.07) is 0. The van der Waals surface area contributed by atoms with E-state index in [0.717, 1.165) is 25.9 Å². The Balaban J connectivity index is 1.70. The van der Waals surface area contributed by atoms with Crippen molar-refractivity contribution in [2.45, 2.75) is 70.2 Å². The van der Waals surface area contributed by atoms with Crippen LogP contribution < -0.4 is 0 Å². The van der Waals surface area contributed by atoms with Gasteiger partial charge in [0.05, 0.1) is 31.0 Å². The van der Waals surface area contributed by atoms with Gasteiger partial charge in [-0.05, 0) is 32.6 Å². The van der Waals surface area contributed by atoms with Crippen molar-refractivity contribution in [2.75, 3.05) is 13.2 Å². The fourth-order valence-corrected chi connectivity index (χ4v) is 3.26.